The number of likely N-dealkylation sites (N-methyl/N-ethyl adjacent to an activating group) is 1. The van der Waals surface area contributed by atoms with E-state index in [-0.39, 0.29) is 12.2 Å². The van der Waals surface area contributed by atoms with Crippen molar-refractivity contribution < 1.29 is 9.53 Å². The highest BCUT2D eigenvalue weighted by molar-refractivity contribution is 7.16. The highest BCUT2D eigenvalue weighted by Crippen LogP contribution is 2.42. The Kier molecular flexibility index (Phi) is 5.70. The number of nitrogens with one attached hydrogen (secondary N) is 2. The van der Waals surface area contributed by atoms with Gasteiger partial charge >= 0.3 is 6.09 Å². The number of benzene rings is 1. The highest BCUT2D eigenvalue weighted by Gasteiger charge is 2.45. The SMILES string of the molecule is CN(C)CC(OC(=O)N1Cc2c(Nc3ncnc4sccc34)n[nH]c2C1(C)C)c1ccccc1. The zero-order valence-corrected chi connectivity index (χ0v) is 20.4. The number of hydrogen-bond acceptors (Lipinski definition) is 8. The summed E-state index contributed by atoms with van der Waals surface area (Å²) in [5, 5.41) is 13.9. The summed E-state index contributed by atoms with van der Waals surface area (Å²) in [6.45, 7) is 4.95. The van der Waals surface area contributed by atoms with Crippen molar-refractivity contribution in [3.8, 4) is 0 Å². The summed E-state index contributed by atoms with van der Waals surface area (Å²) in [6.07, 6.45) is 0.802. The van der Waals surface area contributed by atoms with E-state index in [1.54, 1.807) is 16.2 Å². The van der Waals surface area contributed by atoms with Crippen molar-refractivity contribution in [1.29, 1.82) is 0 Å². The van der Waals surface area contributed by atoms with Crippen LogP contribution in [0.25, 0.3) is 10.2 Å². The van der Waals surface area contributed by atoms with Crippen molar-refractivity contribution in [3.05, 3.63) is 64.9 Å². The summed E-state index contributed by atoms with van der Waals surface area (Å²) in [7, 11) is 3.94. The Bertz CT molecular complexity index is 1320. The number of amides is 1. The second-order valence-corrected chi connectivity index (χ2v) is 10.00. The Labute approximate surface area is 201 Å². The molecule has 4 aromatic rings. The lowest BCUT2D eigenvalue weighted by molar-refractivity contribution is 0.0259. The van der Waals surface area contributed by atoms with Crippen LogP contribution in [0, 0.1) is 0 Å². The Morgan fingerprint density at radius 1 is 1.24 bits per heavy atom. The molecule has 3 aromatic heterocycles. The largest absolute Gasteiger partial charge is 0.440 e. The Morgan fingerprint density at radius 3 is 2.79 bits per heavy atom. The molecule has 176 valence electrons. The zero-order valence-electron chi connectivity index (χ0n) is 19.6. The van der Waals surface area contributed by atoms with E-state index >= 15 is 0 Å². The zero-order chi connectivity index (χ0) is 23.9. The van der Waals surface area contributed by atoms with Crippen LogP contribution in [0.4, 0.5) is 16.4 Å². The number of ether oxygens (including phenoxy) is 1. The number of nitrogens with zero attached hydrogens (tertiary/aromatic N) is 5. The molecular formula is C24H27N7O2S. The number of fused-ring (bicyclic) bond motifs is 2. The van der Waals surface area contributed by atoms with Crippen LogP contribution in [0.5, 0.6) is 0 Å². The van der Waals surface area contributed by atoms with Crippen LogP contribution in [0.1, 0.15) is 36.8 Å². The predicted molar refractivity (Wildman–Crippen MR) is 132 cm³/mol. The van der Waals surface area contributed by atoms with E-state index in [0.717, 1.165) is 27.0 Å². The third-order valence-electron chi connectivity index (χ3n) is 6.13. The lowest BCUT2D eigenvalue weighted by atomic mass is 10.0. The minimum atomic E-state index is -0.609. The molecule has 4 heterocycles. The summed E-state index contributed by atoms with van der Waals surface area (Å²) >= 11 is 1.56. The molecule has 1 aromatic carbocycles. The summed E-state index contributed by atoms with van der Waals surface area (Å²) < 4.78 is 6.04. The second-order valence-electron chi connectivity index (χ2n) is 9.10. The molecular weight excluding hydrogens is 450 g/mol. The highest BCUT2D eigenvalue weighted by atomic mass is 32.1. The van der Waals surface area contributed by atoms with E-state index in [4.69, 9.17) is 4.74 Å². The average molecular weight is 478 g/mol. The van der Waals surface area contributed by atoms with Gasteiger partial charge in [0, 0.05) is 12.1 Å². The summed E-state index contributed by atoms with van der Waals surface area (Å²) in [6, 6.07) is 11.8. The predicted octanol–water partition coefficient (Wildman–Crippen LogP) is 4.65. The van der Waals surface area contributed by atoms with Crippen LogP contribution in [0.3, 0.4) is 0 Å². The van der Waals surface area contributed by atoms with Gasteiger partial charge in [-0.15, -0.1) is 11.3 Å². The van der Waals surface area contributed by atoms with Crippen LogP contribution in [-0.4, -0.2) is 56.7 Å². The van der Waals surface area contributed by atoms with Gasteiger partial charge in [0.2, 0.25) is 0 Å². The fourth-order valence-corrected chi connectivity index (χ4v) is 5.04. The topological polar surface area (TPSA) is 99.3 Å². The standard InChI is InChI=1S/C24H27N7O2S/c1-24(2)19-17(21(29-28-19)27-20-16-10-11-34-22(16)26-14-25-20)12-31(24)23(32)33-18(13-30(3)4)15-8-6-5-7-9-15/h5-11,14,18H,12-13H2,1-4H3,(H2,25,26,27,28,29). The van der Waals surface area contributed by atoms with E-state index in [2.05, 4.69) is 25.5 Å². The quantitative estimate of drug-likeness (QED) is 0.417. The molecule has 0 spiro atoms. The van der Waals surface area contributed by atoms with E-state index in [1.807, 2.05) is 74.6 Å². The Balaban J connectivity index is 1.38. The fraction of sp³-hybridized carbons (Fsp3) is 0.333. The fourth-order valence-electron chi connectivity index (χ4n) is 4.31. The minimum absolute atomic E-state index is 0.362. The minimum Gasteiger partial charge on any atom is -0.440 e. The van der Waals surface area contributed by atoms with Crippen molar-refractivity contribution in [2.45, 2.75) is 32.0 Å². The maximum absolute atomic E-state index is 13.4. The number of aromatic nitrogens is 4. The summed E-state index contributed by atoms with van der Waals surface area (Å²) in [5.41, 5.74) is 2.16. The molecule has 0 saturated heterocycles. The van der Waals surface area contributed by atoms with Crippen molar-refractivity contribution in [1.82, 2.24) is 30.0 Å². The van der Waals surface area contributed by atoms with Crippen LogP contribution in [0.15, 0.2) is 48.1 Å². The summed E-state index contributed by atoms with van der Waals surface area (Å²) in [4.78, 5) is 26.8. The van der Waals surface area contributed by atoms with E-state index in [1.165, 1.54) is 6.33 Å². The van der Waals surface area contributed by atoms with Crippen molar-refractivity contribution in [2.75, 3.05) is 26.0 Å². The maximum Gasteiger partial charge on any atom is 0.411 e. The van der Waals surface area contributed by atoms with Crippen molar-refractivity contribution in [2.24, 2.45) is 0 Å². The van der Waals surface area contributed by atoms with E-state index < -0.39 is 5.54 Å². The molecule has 1 aliphatic heterocycles. The number of anilines is 2. The second kappa shape index (κ2) is 8.69. The Hall–Kier alpha value is -3.50. The molecule has 0 radical (unpaired) electrons. The molecule has 2 N–H and O–H groups in total. The number of aromatic amines is 1. The maximum atomic E-state index is 13.4. The van der Waals surface area contributed by atoms with Gasteiger partial charge in [-0.3, -0.25) is 10.00 Å². The first-order chi connectivity index (χ1) is 16.3. The molecule has 1 unspecified atom stereocenters. The molecule has 0 bridgehead atoms. The van der Waals surface area contributed by atoms with Gasteiger partial charge in [0.15, 0.2) is 5.82 Å². The van der Waals surface area contributed by atoms with Gasteiger partial charge in [0.25, 0.3) is 0 Å². The first-order valence-electron chi connectivity index (χ1n) is 11.1. The number of hydrogen-bond donors (Lipinski definition) is 2. The number of rotatable bonds is 6. The van der Waals surface area contributed by atoms with Gasteiger partial charge in [-0.2, -0.15) is 5.10 Å². The van der Waals surface area contributed by atoms with Crippen LogP contribution in [-0.2, 0) is 16.8 Å². The van der Waals surface area contributed by atoms with Gasteiger partial charge in [-0.1, -0.05) is 30.3 Å². The molecule has 1 aliphatic rings. The van der Waals surface area contributed by atoms with Gasteiger partial charge in [-0.25, -0.2) is 14.8 Å². The normalized spacial score (nSPS) is 15.5. The molecule has 0 fully saturated rings. The van der Waals surface area contributed by atoms with E-state index in [9.17, 15) is 4.79 Å². The van der Waals surface area contributed by atoms with Crippen LogP contribution >= 0.6 is 11.3 Å². The van der Waals surface area contributed by atoms with E-state index in [0.29, 0.717) is 24.7 Å². The monoisotopic (exact) mass is 477 g/mol. The smallest absolute Gasteiger partial charge is 0.411 e. The first-order valence-corrected chi connectivity index (χ1v) is 11.9. The van der Waals surface area contributed by atoms with Crippen LogP contribution < -0.4 is 5.32 Å². The molecule has 34 heavy (non-hydrogen) atoms. The molecule has 1 amide bonds. The molecule has 5 rings (SSSR count). The van der Waals surface area contributed by atoms with Gasteiger partial charge in [0.1, 0.15) is 23.1 Å². The number of carbonyl (C=O) groups is 1. The molecule has 1 atom stereocenters. The average Bonchev–Trinajstić information content (AvgIpc) is 3.50. The summed E-state index contributed by atoms with van der Waals surface area (Å²) in [5.74, 6) is 1.34. The molecule has 10 heteroatoms. The number of H-pyrrole nitrogens is 1. The number of carbonyl (C=O) groups excluding carboxylic acids is 1. The molecule has 0 saturated carbocycles. The molecule has 9 nitrogen and oxygen atoms in total. The lowest BCUT2D eigenvalue weighted by Gasteiger charge is -2.33. The van der Waals surface area contributed by atoms with Crippen molar-refractivity contribution >= 4 is 39.3 Å². The van der Waals surface area contributed by atoms with Gasteiger partial charge in [0.05, 0.1) is 23.2 Å². The van der Waals surface area contributed by atoms with Crippen LogP contribution in [0.2, 0.25) is 0 Å². The van der Waals surface area contributed by atoms with Crippen molar-refractivity contribution in [3.63, 3.8) is 0 Å². The first kappa shape index (κ1) is 22.3. The third-order valence-corrected chi connectivity index (χ3v) is 6.96. The Morgan fingerprint density at radius 2 is 2.03 bits per heavy atom. The lowest BCUT2D eigenvalue weighted by Crippen LogP contribution is -2.42. The molecule has 0 aliphatic carbocycles. The van der Waals surface area contributed by atoms with Gasteiger partial charge < -0.3 is 15.0 Å². The number of thiophene rings is 1. The third kappa shape index (κ3) is 3.99. The van der Waals surface area contributed by atoms with Gasteiger partial charge in [-0.05, 0) is 45.0 Å².